The Bertz CT molecular complexity index is 466. The van der Waals surface area contributed by atoms with Crippen molar-refractivity contribution in [1.82, 2.24) is 5.32 Å². The number of hydrogen-bond donors (Lipinski definition) is 1. The van der Waals surface area contributed by atoms with Gasteiger partial charge in [-0.2, -0.15) is 0 Å². The van der Waals surface area contributed by atoms with Crippen LogP contribution in [-0.4, -0.2) is 18.8 Å². The molecular formula is C19H31NO. The lowest BCUT2D eigenvalue weighted by Gasteiger charge is -2.53. The second-order valence-electron chi connectivity index (χ2n) is 7.57. The Morgan fingerprint density at radius 2 is 1.90 bits per heavy atom. The standard InChI is InChI=1S/C19H31NO/c1-13(2)12-21-18-11-17(19(18,5)6)20-15(4)16-10-8-7-9-14(16)3/h7-10,13,15,17-18,20H,11-12H2,1-6H3. The zero-order chi connectivity index (χ0) is 15.6. The van der Waals surface area contributed by atoms with Crippen LogP contribution in [0.4, 0.5) is 0 Å². The molecule has 118 valence electrons. The van der Waals surface area contributed by atoms with E-state index in [4.69, 9.17) is 4.74 Å². The SMILES string of the molecule is Cc1ccccc1C(C)NC1CC(OCC(C)C)C1(C)C. The van der Waals surface area contributed by atoms with Crippen LogP contribution in [0.25, 0.3) is 0 Å². The van der Waals surface area contributed by atoms with Crippen molar-refractivity contribution in [2.75, 3.05) is 6.61 Å². The topological polar surface area (TPSA) is 21.3 Å². The predicted molar refractivity (Wildman–Crippen MR) is 89.5 cm³/mol. The molecule has 1 N–H and O–H groups in total. The fourth-order valence-corrected chi connectivity index (χ4v) is 3.22. The fourth-order valence-electron chi connectivity index (χ4n) is 3.22. The normalized spacial score (nSPS) is 25.7. The van der Waals surface area contributed by atoms with Gasteiger partial charge in [0.2, 0.25) is 0 Å². The zero-order valence-electron chi connectivity index (χ0n) is 14.4. The van der Waals surface area contributed by atoms with Crippen LogP contribution in [0.1, 0.15) is 58.2 Å². The quantitative estimate of drug-likeness (QED) is 0.833. The number of ether oxygens (including phenoxy) is 1. The summed E-state index contributed by atoms with van der Waals surface area (Å²) in [5.74, 6) is 0.610. The van der Waals surface area contributed by atoms with E-state index in [1.807, 2.05) is 0 Å². The van der Waals surface area contributed by atoms with E-state index in [9.17, 15) is 0 Å². The average molecular weight is 289 g/mol. The number of rotatable bonds is 6. The second kappa shape index (κ2) is 6.50. The van der Waals surface area contributed by atoms with Gasteiger partial charge in [-0.15, -0.1) is 0 Å². The molecule has 2 nitrogen and oxygen atoms in total. The minimum absolute atomic E-state index is 0.214. The molecule has 21 heavy (non-hydrogen) atoms. The van der Waals surface area contributed by atoms with Crippen LogP contribution in [0, 0.1) is 18.3 Å². The van der Waals surface area contributed by atoms with Crippen LogP contribution in [0.15, 0.2) is 24.3 Å². The van der Waals surface area contributed by atoms with Crippen LogP contribution in [0.3, 0.4) is 0 Å². The highest BCUT2D eigenvalue weighted by atomic mass is 16.5. The predicted octanol–water partition coefficient (Wildman–Crippen LogP) is 4.49. The van der Waals surface area contributed by atoms with Crippen LogP contribution >= 0.6 is 0 Å². The molecule has 0 amide bonds. The molecular weight excluding hydrogens is 258 g/mol. The first kappa shape index (κ1) is 16.5. The summed E-state index contributed by atoms with van der Waals surface area (Å²) >= 11 is 0. The van der Waals surface area contributed by atoms with Crippen molar-refractivity contribution in [3.63, 3.8) is 0 Å². The van der Waals surface area contributed by atoms with E-state index in [0.29, 0.717) is 24.1 Å². The summed E-state index contributed by atoms with van der Waals surface area (Å²) in [4.78, 5) is 0. The molecule has 0 bridgehead atoms. The molecule has 0 heterocycles. The number of benzene rings is 1. The molecule has 0 aliphatic heterocycles. The van der Waals surface area contributed by atoms with Gasteiger partial charge in [0.25, 0.3) is 0 Å². The summed E-state index contributed by atoms with van der Waals surface area (Å²) in [6, 6.07) is 9.57. The highest BCUT2D eigenvalue weighted by Gasteiger charge is 2.49. The van der Waals surface area contributed by atoms with Crippen molar-refractivity contribution in [1.29, 1.82) is 0 Å². The molecule has 3 unspecified atom stereocenters. The molecule has 3 atom stereocenters. The molecule has 0 spiro atoms. The molecule has 1 aromatic rings. The van der Waals surface area contributed by atoms with E-state index in [1.165, 1.54) is 11.1 Å². The number of aryl methyl sites for hydroxylation is 1. The summed E-state index contributed by atoms with van der Waals surface area (Å²) < 4.78 is 6.06. The van der Waals surface area contributed by atoms with Crippen molar-refractivity contribution in [3.05, 3.63) is 35.4 Å². The summed E-state index contributed by atoms with van der Waals surface area (Å²) in [5.41, 5.74) is 2.98. The summed E-state index contributed by atoms with van der Waals surface area (Å²) in [5, 5.41) is 3.80. The van der Waals surface area contributed by atoms with E-state index < -0.39 is 0 Å². The Balaban J connectivity index is 1.92. The number of hydrogen-bond acceptors (Lipinski definition) is 2. The van der Waals surface area contributed by atoms with Crippen LogP contribution in [-0.2, 0) is 4.74 Å². The first-order valence-electron chi connectivity index (χ1n) is 8.25. The molecule has 1 fully saturated rings. The Morgan fingerprint density at radius 3 is 2.48 bits per heavy atom. The summed E-state index contributed by atoms with van der Waals surface area (Å²) in [6.07, 6.45) is 1.51. The van der Waals surface area contributed by atoms with E-state index >= 15 is 0 Å². The third-order valence-electron chi connectivity index (χ3n) is 4.91. The Morgan fingerprint density at radius 1 is 1.24 bits per heavy atom. The largest absolute Gasteiger partial charge is 0.377 e. The van der Waals surface area contributed by atoms with Gasteiger partial charge in [0, 0.05) is 24.1 Å². The molecule has 0 radical (unpaired) electrons. The van der Waals surface area contributed by atoms with Gasteiger partial charge in [-0.25, -0.2) is 0 Å². The fraction of sp³-hybridized carbons (Fsp3) is 0.684. The highest BCUT2D eigenvalue weighted by molar-refractivity contribution is 5.28. The molecule has 1 saturated carbocycles. The van der Waals surface area contributed by atoms with E-state index in [1.54, 1.807) is 0 Å². The molecule has 2 heteroatoms. The van der Waals surface area contributed by atoms with Crippen LogP contribution in [0.2, 0.25) is 0 Å². The molecule has 0 aromatic heterocycles. The van der Waals surface area contributed by atoms with E-state index in [0.717, 1.165) is 13.0 Å². The third kappa shape index (κ3) is 3.67. The maximum Gasteiger partial charge on any atom is 0.0656 e. The van der Waals surface area contributed by atoms with Crippen molar-refractivity contribution in [2.45, 2.75) is 66.2 Å². The molecule has 1 aliphatic rings. The minimum atomic E-state index is 0.214. The minimum Gasteiger partial charge on any atom is -0.377 e. The van der Waals surface area contributed by atoms with E-state index in [-0.39, 0.29) is 5.41 Å². The first-order chi connectivity index (χ1) is 9.82. The first-order valence-corrected chi connectivity index (χ1v) is 8.25. The van der Waals surface area contributed by atoms with Gasteiger partial charge < -0.3 is 10.1 Å². The van der Waals surface area contributed by atoms with Crippen molar-refractivity contribution >= 4 is 0 Å². The average Bonchev–Trinajstić information content (AvgIpc) is 2.41. The summed E-state index contributed by atoms with van der Waals surface area (Å²) in [7, 11) is 0. The van der Waals surface area contributed by atoms with Gasteiger partial charge in [-0.3, -0.25) is 0 Å². The molecule has 2 rings (SSSR count). The maximum atomic E-state index is 6.06. The van der Waals surface area contributed by atoms with Crippen molar-refractivity contribution < 1.29 is 4.74 Å². The lowest BCUT2D eigenvalue weighted by molar-refractivity contribution is -0.125. The summed E-state index contributed by atoms with van der Waals surface area (Å²) in [6.45, 7) is 14.4. The lowest BCUT2D eigenvalue weighted by atomic mass is 9.64. The smallest absolute Gasteiger partial charge is 0.0656 e. The lowest BCUT2D eigenvalue weighted by Crippen LogP contribution is -2.61. The van der Waals surface area contributed by atoms with Crippen LogP contribution < -0.4 is 5.32 Å². The van der Waals surface area contributed by atoms with Gasteiger partial charge in [-0.05, 0) is 37.3 Å². The molecule has 0 saturated heterocycles. The van der Waals surface area contributed by atoms with Gasteiger partial charge in [0.1, 0.15) is 0 Å². The zero-order valence-corrected chi connectivity index (χ0v) is 14.4. The van der Waals surface area contributed by atoms with E-state index in [2.05, 4.69) is 71.1 Å². The monoisotopic (exact) mass is 289 g/mol. The number of nitrogens with one attached hydrogen (secondary N) is 1. The second-order valence-corrected chi connectivity index (χ2v) is 7.57. The Kier molecular flexibility index (Phi) is 5.11. The third-order valence-corrected chi connectivity index (χ3v) is 4.91. The van der Waals surface area contributed by atoms with Gasteiger partial charge in [0.05, 0.1) is 6.10 Å². The van der Waals surface area contributed by atoms with Crippen molar-refractivity contribution in [2.24, 2.45) is 11.3 Å². The Labute approximate surface area is 130 Å². The van der Waals surface area contributed by atoms with Gasteiger partial charge in [-0.1, -0.05) is 52.0 Å². The Hall–Kier alpha value is -0.860. The van der Waals surface area contributed by atoms with Gasteiger partial charge in [0.15, 0.2) is 0 Å². The van der Waals surface area contributed by atoms with Gasteiger partial charge >= 0.3 is 0 Å². The maximum absolute atomic E-state index is 6.06. The molecule has 1 aromatic carbocycles. The van der Waals surface area contributed by atoms with Crippen LogP contribution in [0.5, 0.6) is 0 Å². The van der Waals surface area contributed by atoms with Crippen molar-refractivity contribution in [3.8, 4) is 0 Å². The molecule has 1 aliphatic carbocycles. The highest BCUT2D eigenvalue weighted by Crippen LogP contribution is 2.44.